The number of phosphoric ester groups is 1. The smallest absolute Gasteiger partial charge is 0.462 e. The van der Waals surface area contributed by atoms with E-state index in [9.17, 15) is 19.0 Å². The van der Waals surface area contributed by atoms with E-state index in [-0.39, 0.29) is 32.6 Å². The predicted molar refractivity (Wildman–Crippen MR) is 242 cm³/mol. The third-order valence-corrected chi connectivity index (χ3v) is 10.00. The number of phosphoric acid groups is 1. The fraction of sp³-hybridized carbons (Fsp3) is 0.667. The number of hydrogen-bond donors (Lipinski definition) is 2. The second-order valence-electron chi connectivity index (χ2n) is 14.5. The molecular formula is C48H82NO8P. The van der Waals surface area contributed by atoms with Gasteiger partial charge in [0.05, 0.1) is 13.2 Å². The quantitative estimate of drug-likeness (QED) is 0.0267. The second kappa shape index (κ2) is 43.8. The molecule has 0 aromatic rings. The lowest BCUT2D eigenvalue weighted by atomic mass is 10.1. The molecule has 10 heteroatoms. The Morgan fingerprint density at radius 2 is 0.948 bits per heavy atom. The maximum atomic E-state index is 12.6. The minimum absolute atomic E-state index is 0.0448. The van der Waals surface area contributed by atoms with Crippen molar-refractivity contribution < 1.29 is 37.6 Å². The Morgan fingerprint density at radius 3 is 1.41 bits per heavy atom. The molecule has 0 bridgehead atoms. The van der Waals surface area contributed by atoms with Crippen molar-refractivity contribution in [1.82, 2.24) is 0 Å². The fourth-order valence-electron chi connectivity index (χ4n) is 5.68. The van der Waals surface area contributed by atoms with Crippen molar-refractivity contribution in [1.29, 1.82) is 0 Å². The lowest BCUT2D eigenvalue weighted by molar-refractivity contribution is -0.161. The molecule has 0 aromatic heterocycles. The van der Waals surface area contributed by atoms with Crippen molar-refractivity contribution >= 4 is 19.8 Å². The number of rotatable bonds is 41. The van der Waals surface area contributed by atoms with Crippen LogP contribution in [0.4, 0.5) is 0 Å². The molecule has 0 aliphatic rings. The second-order valence-corrected chi connectivity index (χ2v) is 16.0. The van der Waals surface area contributed by atoms with Crippen molar-refractivity contribution in [3.63, 3.8) is 0 Å². The molecule has 0 rings (SSSR count). The first-order chi connectivity index (χ1) is 28.3. The van der Waals surface area contributed by atoms with Gasteiger partial charge in [0.1, 0.15) is 6.61 Å². The third kappa shape index (κ3) is 42.8. The molecule has 0 aliphatic carbocycles. The maximum absolute atomic E-state index is 12.6. The van der Waals surface area contributed by atoms with Crippen molar-refractivity contribution in [3.8, 4) is 0 Å². The summed E-state index contributed by atoms with van der Waals surface area (Å²) in [5.41, 5.74) is 5.35. The first-order valence-corrected chi connectivity index (χ1v) is 24.1. The van der Waals surface area contributed by atoms with E-state index in [4.69, 9.17) is 24.3 Å². The van der Waals surface area contributed by atoms with Crippen LogP contribution in [0.5, 0.6) is 0 Å². The molecule has 0 aromatic carbocycles. The Labute approximate surface area is 354 Å². The van der Waals surface area contributed by atoms with Gasteiger partial charge in [-0.3, -0.25) is 18.6 Å². The number of hydrogen-bond acceptors (Lipinski definition) is 8. The molecule has 0 saturated carbocycles. The molecule has 0 saturated heterocycles. The van der Waals surface area contributed by atoms with Crippen molar-refractivity contribution in [2.24, 2.45) is 5.73 Å². The summed E-state index contributed by atoms with van der Waals surface area (Å²) in [5, 5.41) is 0. The highest BCUT2D eigenvalue weighted by molar-refractivity contribution is 7.47. The fourth-order valence-corrected chi connectivity index (χ4v) is 6.44. The van der Waals surface area contributed by atoms with E-state index in [2.05, 4.69) is 98.9 Å². The molecule has 58 heavy (non-hydrogen) atoms. The molecule has 0 aliphatic heterocycles. The van der Waals surface area contributed by atoms with Gasteiger partial charge in [0.2, 0.25) is 0 Å². The topological polar surface area (TPSA) is 134 Å². The zero-order valence-electron chi connectivity index (χ0n) is 36.5. The SMILES string of the molecule is CC/C=C\C/C=C\C/C=C\C/C=C\C/C=C\CCCCCCCCCC(=O)OC(COC(=O)CCCCCCC/C=C\C/C=C\CCCC)COP(=O)(O)OCCN. The summed E-state index contributed by atoms with van der Waals surface area (Å²) in [4.78, 5) is 34.9. The molecule has 2 unspecified atom stereocenters. The van der Waals surface area contributed by atoms with Crippen LogP contribution in [-0.2, 0) is 32.7 Å². The number of nitrogens with two attached hydrogens (primary N) is 1. The summed E-state index contributed by atoms with van der Waals surface area (Å²) in [6, 6.07) is 0. The first-order valence-electron chi connectivity index (χ1n) is 22.6. The van der Waals surface area contributed by atoms with Gasteiger partial charge in [-0.15, -0.1) is 0 Å². The zero-order valence-corrected chi connectivity index (χ0v) is 37.4. The summed E-state index contributed by atoms with van der Waals surface area (Å²) >= 11 is 0. The number of carbonyl (C=O) groups excluding carboxylic acids is 2. The summed E-state index contributed by atoms with van der Waals surface area (Å²) < 4.78 is 32.8. The van der Waals surface area contributed by atoms with Gasteiger partial charge in [-0.25, -0.2) is 4.57 Å². The number of unbranched alkanes of at least 4 members (excludes halogenated alkanes) is 14. The van der Waals surface area contributed by atoms with Crippen LogP contribution < -0.4 is 5.73 Å². The van der Waals surface area contributed by atoms with E-state index in [1.165, 1.54) is 32.1 Å². The van der Waals surface area contributed by atoms with Gasteiger partial charge >= 0.3 is 19.8 Å². The van der Waals surface area contributed by atoms with E-state index >= 15 is 0 Å². The van der Waals surface area contributed by atoms with Crippen LogP contribution in [0, 0.1) is 0 Å². The van der Waals surface area contributed by atoms with E-state index < -0.39 is 32.5 Å². The molecule has 332 valence electrons. The summed E-state index contributed by atoms with van der Waals surface area (Å²) in [6.45, 7) is 3.53. The van der Waals surface area contributed by atoms with Gasteiger partial charge in [-0.05, 0) is 83.5 Å². The molecule has 2 atom stereocenters. The van der Waals surface area contributed by atoms with E-state index in [0.717, 1.165) is 103 Å². The normalized spacial score (nSPS) is 14.1. The molecule has 0 fully saturated rings. The number of allylic oxidation sites excluding steroid dienone is 14. The number of carbonyl (C=O) groups is 2. The van der Waals surface area contributed by atoms with Crippen LogP contribution in [-0.4, -0.2) is 49.3 Å². The van der Waals surface area contributed by atoms with Gasteiger partial charge < -0.3 is 20.1 Å². The van der Waals surface area contributed by atoms with Gasteiger partial charge in [0.25, 0.3) is 0 Å². The minimum atomic E-state index is -4.39. The minimum Gasteiger partial charge on any atom is -0.462 e. The number of esters is 2. The van der Waals surface area contributed by atoms with Crippen molar-refractivity contribution in [2.45, 2.75) is 180 Å². The van der Waals surface area contributed by atoms with E-state index in [1.54, 1.807) is 0 Å². The molecule has 0 amide bonds. The average Bonchev–Trinajstić information content (AvgIpc) is 3.21. The molecular weight excluding hydrogens is 750 g/mol. The van der Waals surface area contributed by atoms with Crippen LogP contribution >= 0.6 is 7.82 Å². The van der Waals surface area contributed by atoms with Gasteiger partial charge in [0, 0.05) is 19.4 Å². The monoisotopic (exact) mass is 832 g/mol. The molecule has 0 heterocycles. The highest BCUT2D eigenvalue weighted by Gasteiger charge is 2.26. The van der Waals surface area contributed by atoms with Gasteiger partial charge in [-0.1, -0.05) is 163 Å². The maximum Gasteiger partial charge on any atom is 0.472 e. The van der Waals surface area contributed by atoms with Crippen molar-refractivity contribution in [2.75, 3.05) is 26.4 Å². The lowest BCUT2D eigenvalue weighted by Crippen LogP contribution is -2.29. The van der Waals surface area contributed by atoms with Crippen LogP contribution in [0.3, 0.4) is 0 Å². The highest BCUT2D eigenvalue weighted by atomic mass is 31.2. The first kappa shape index (κ1) is 55.2. The average molecular weight is 832 g/mol. The molecule has 9 nitrogen and oxygen atoms in total. The van der Waals surface area contributed by atoms with E-state index in [1.807, 2.05) is 0 Å². The summed E-state index contributed by atoms with van der Waals surface area (Å²) in [5.74, 6) is -0.865. The lowest BCUT2D eigenvalue weighted by Gasteiger charge is -2.19. The molecule has 3 N–H and O–H groups in total. The van der Waals surface area contributed by atoms with Crippen LogP contribution in [0.2, 0.25) is 0 Å². The van der Waals surface area contributed by atoms with Gasteiger partial charge in [0.15, 0.2) is 6.10 Å². The summed E-state index contributed by atoms with van der Waals surface area (Å²) in [6.07, 6.45) is 54.7. The van der Waals surface area contributed by atoms with E-state index in [0.29, 0.717) is 12.8 Å². The van der Waals surface area contributed by atoms with Crippen LogP contribution in [0.15, 0.2) is 85.1 Å². The van der Waals surface area contributed by atoms with Crippen LogP contribution in [0.1, 0.15) is 174 Å². The Morgan fingerprint density at radius 1 is 0.534 bits per heavy atom. The van der Waals surface area contributed by atoms with Crippen LogP contribution in [0.25, 0.3) is 0 Å². The third-order valence-electron chi connectivity index (χ3n) is 9.02. The largest absolute Gasteiger partial charge is 0.472 e. The van der Waals surface area contributed by atoms with Crippen molar-refractivity contribution in [3.05, 3.63) is 85.1 Å². The Hall–Kier alpha value is -2.81. The Balaban J connectivity index is 4.17. The Kier molecular flexibility index (Phi) is 41.6. The highest BCUT2D eigenvalue weighted by Crippen LogP contribution is 2.43. The zero-order chi connectivity index (χ0) is 42.5. The molecule has 0 spiro atoms. The predicted octanol–water partition coefficient (Wildman–Crippen LogP) is 13.2. The summed E-state index contributed by atoms with van der Waals surface area (Å²) in [7, 11) is -4.39. The number of ether oxygens (including phenoxy) is 2. The standard InChI is InChI=1S/C48H82NO8P/c1-3-5-7-9-11-13-15-17-19-20-21-22-23-24-25-26-27-29-31-33-35-37-39-41-48(51)57-46(45-56-58(52,53)55-43-42-49)44-54-47(50)40-38-36-34-32-30-28-18-16-14-12-10-8-6-4-2/h5,7,10-13,16-19,21-22,24-25,46H,3-4,6,8-9,14-15,20,23,26-45,49H2,1-2H3,(H,52,53)/b7-5-,12-10-,13-11-,18-16-,19-17-,22-21-,25-24-. The molecule has 0 radical (unpaired) electrons. The van der Waals surface area contributed by atoms with Gasteiger partial charge in [-0.2, -0.15) is 0 Å². The Bertz CT molecular complexity index is 1220.